The van der Waals surface area contributed by atoms with Crippen LogP contribution in [0.2, 0.25) is 0 Å². The first-order valence-corrected chi connectivity index (χ1v) is 6.42. The molecule has 5 nitrogen and oxygen atoms in total. The normalized spacial score (nSPS) is 13.0. The maximum Gasteiger partial charge on any atom is 0.203 e. The molecule has 0 saturated heterocycles. The van der Waals surface area contributed by atoms with Crippen molar-refractivity contribution < 1.29 is 4.39 Å². The minimum atomic E-state index is -0.254. The zero-order valence-corrected chi connectivity index (χ0v) is 11.6. The largest absolute Gasteiger partial charge is 0.369 e. The number of hydrogen-bond donors (Lipinski definition) is 1. The second-order valence-corrected chi connectivity index (χ2v) is 4.92. The van der Waals surface area contributed by atoms with Crippen molar-refractivity contribution in [2.75, 3.05) is 5.73 Å². The van der Waals surface area contributed by atoms with Crippen LogP contribution in [0.15, 0.2) is 24.3 Å². The second-order valence-electron chi connectivity index (χ2n) is 4.92. The Morgan fingerprint density at radius 2 is 2.00 bits per heavy atom. The van der Waals surface area contributed by atoms with Gasteiger partial charge in [0.1, 0.15) is 11.3 Å². The van der Waals surface area contributed by atoms with Crippen LogP contribution in [0.5, 0.6) is 0 Å². The number of nitrogen functional groups attached to an aromatic ring is 1. The number of rotatable bonds is 2. The van der Waals surface area contributed by atoms with E-state index >= 15 is 0 Å². The van der Waals surface area contributed by atoms with Crippen LogP contribution in [0.4, 0.5) is 10.3 Å². The minimum Gasteiger partial charge on any atom is -0.369 e. The van der Waals surface area contributed by atoms with Crippen molar-refractivity contribution in [3.8, 4) is 0 Å². The Hall–Kier alpha value is -2.37. The Bertz CT molecular complexity index is 786. The van der Waals surface area contributed by atoms with E-state index in [9.17, 15) is 4.39 Å². The number of nitrogens with zero attached hydrogens (tertiary/aromatic N) is 4. The number of aryl methyl sites for hydroxylation is 2. The van der Waals surface area contributed by atoms with Gasteiger partial charge in [0, 0.05) is 12.6 Å². The molecule has 0 aliphatic carbocycles. The molecule has 0 saturated carbocycles. The summed E-state index contributed by atoms with van der Waals surface area (Å²) in [6.45, 7) is 3.78. The van der Waals surface area contributed by atoms with Crippen molar-refractivity contribution in [3.63, 3.8) is 0 Å². The van der Waals surface area contributed by atoms with Crippen LogP contribution in [0.25, 0.3) is 11.2 Å². The van der Waals surface area contributed by atoms with E-state index in [1.165, 1.54) is 6.07 Å². The third kappa shape index (κ3) is 1.68. The van der Waals surface area contributed by atoms with Gasteiger partial charge in [-0.05, 0) is 19.9 Å². The Morgan fingerprint density at radius 3 is 2.70 bits per heavy atom. The highest BCUT2D eigenvalue weighted by Gasteiger charge is 2.22. The van der Waals surface area contributed by atoms with E-state index in [1.807, 2.05) is 31.5 Å². The molecular formula is C14H16FN5. The lowest BCUT2D eigenvalue weighted by Gasteiger charge is -2.17. The van der Waals surface area contributed by atoms with Crippen molar-refractivity contribution >= 4 is 17.1 Å². The van der Waals surface area contributed by atoms with Crippen molar-refractivity contribution in [2.24, 2.45) is 7.05 Å². The first-order valence-electron chi connectivity index (χ1n) is 6.42. The highest BCUT2D eigenvalue weighted by molar-refractivity contribution is 5.77. The third-order valence-electron chi connectivity index (χ3n) is 3.61. The minimum absolute atomic E-state index is 0.250. The van der Waals surface area contributed by atoms with E-state index in [0.717, 1.165) is 16.9 Å². The van der Waals surface area contributed by atoms with Crippen LogP contribution in [0.1, 0.15) is 24.2 Å². The third-order valence-corrected chi connectivity index (χ3v) is 3.61. The summed E-state index contributed by atoms with van der Waals surface area (Å²) in [5.41, 5.74) is 8.97. The van der Waals surface area contributed by atoms with Crippen LogP contribution < -0.4 is 5.73 Å². The van der Waals surface area contributed by atoms with Gasteiger partial charge in [0.05, 0.1) is 11.7 Å². The second kappa shape index (κ2) is 4.33. The average molecular weight is 273 g/mol. The Balaban J connectivity index is 2.24. The van der Waals surface area contributed by atoms with E-state index in [-0.39, 0.29) is 11.9 Å². The van der Waals surface area contributed by atoms with Crippen LogP contribution in [-0.4, -0.2) is 19.3 Å². The van der Waals surface area contributed by atoms with Gasteiger partial charge in [-0.1, -0.05) is 18.2 Å². The van der Waals surface area contributed by atoms with Crippen molar-refractivity contribution in [1.82, 2.24) is 19.3 Å². The highest BCUT2D eigenvalue weighted by Crippen LogP contribution is 2.29. The number of aromatic nitrogens is 4. The van der Waals surface area contributed by atoms with E-state index < -0.39 is 0 Å². The molecule has 2 heterocycles. The van der Waals surface area contributed by atoms with Crippen LogP contribution in [0, 0.1) is 12.7 Å². The van der Waals surface area contributed by atoms with E-state index in [2.05, 4.69) is 10.1 Å². The topological polar surface area (TPSA) is 61.7 Å². The van der Waals surface area contributed by atoms with Crippen LogP contribution in [0.3, 0.4) is 0 Å². The van der Waals surface area contributed by atoms with Gasteiger partial charge in [0.2, 0.25) is 5.95 Å². The highest BCUT2D eigenvalue weighted by atomic mass is 19.1. The molecule has 0 aliphatic rings. The molecule has 0 fully saturated rings. The van der Waals surface area contributed by atoms with Gasteiger partial charge in [-0.15, -0.1) is 0 Å². The summed E-state index contributed by atoms with van der Waals surface area (Å²) in [7, 11) is 1.83. The maximum absolute atomic E-state index is 14.0. The van der Waals surface area contributed by atoms with Gasteiger partial charge < -0.3 is 5.73 Å². The van der Waals surface area contributed by atoms with Gasteiger partial charge >= 0.3 is 0 Å². The number of nitrogens with two attached hydrogens (primary N) is 1. The summed E-state index contributed by atoms with van der Waals surface area (Å²) in [6, 6.07) is 6.44. The molecule has 1 atom stereocenters. The molecule has 104 valence electrons. The molecular weight excluding hydrogens is 257 g/mol. The molecule has 1 unspecified atom stereocenters. The Kier molecular flexibility index (Phi) is 2.74. The number of hydrogen-bond acceptors (Lipinski definition) is 3. The molecule has 0 spiro atoms. The molecule has 2 N–H and O–H groups in total. The van der Waals surface area contributed by atoms with E-state index in [4.69, 9.17) is 5.73 Å². The number of fused-ring (bicyclic) bond motifs is 1. The molecule has 3 aromatic rings. The Labute approximate surface area is 115 Å². The molecule has 0 bridgehead atoms. The summed E-state index contributed by atoms with van der Waals surface area (Å²) in [6.07, 6.45) is 0. The predicted molar refractivity (Wildman–Crippen MR) is 75.9 cm³/mol. The predicted octanol–water partition coefficient (Wildman–Crippen LogP) is 2.41. The molecule has 6 heteroatoms. The summed E-state index contributed by atoms with van der Waals surface area (Å²) >= 11 is 0. The zero-order chi connectivity index (χ0) is 14.4. The number of halogens is 1. The average Bonchev–Trinajstić information content (AvgIpc) is 2.88. The van der Waals surface area contributed by atoms with Gasteiger partial charge in [-0.3, -0.25) is 9.25 Å². The quantitative estimate of drug-likeness (QED) is 0.780. The van der Waals surface area contributed by atoms with Crippen molar-refractivity contribution in [1.29, 1.82) is 0 Å². The Morgan fingerprint density at radius 1 is 1.30 bits per heavy atom. The fourth-order valence-corrected chi connectivity index (χ4v) is 2.65. The molecule has 1 aromatic carbocycles. The van der Waals surface area contributed by atoms with Crippen LogP contribution >= 0.6 is 0 Å². The van der Waals surface area contributed by atoms with Gasteiger partial charge in [-0.25, -0.2) is 9.37 Å². The van der Waals surface area contributed by atoms with Crippen LogP contribution in [-0.2, 0) is 7.05 Å². The monoisotopic (exact) mass is 273 g/mol. The molecule has 0 amide bonds. The van der Waals surface area contributed by atoms with E-state index in [1.54, 1.807) is 16.8 Å². The first kappa shape index (κ1) is 12.7. The van der Waals surface area contributed by atoms with Crippen molar-refractivity contribution in [2.45, 2.75) is 19.9 Å². The standard InChI is InChI=1S/C14H16FN5/c1-8-12-13(19(3)18-8)20(14(16)17-12)9(2)10-6-4-5-7-11(10)15/h4-7,9H,1-3H3,(H2,16,17). The summed E-state index contributed by atoms with van der Waals surface area (Å²) < 4.78 is 17.5. The lowest BCUT2D eigenvalue weighted by Crippen LogP contribution is -2.13. The first-order chi connectivity index (χ1) is 9.50. The molecule has 0 radical (unpaired) electrons. The summed E-state index contributed by atoms with van der Waals surface area (Å²) in [5.74, 6) is 0.118. The summed E-state index contributed by atoms with van der Waals surface area (Å²) in [4.78, 5) is 4.34. The molecule has 20 heavy (non-hydrogen) atoms. The number of benzene rings is 1. The van der Waals surface area contributed by atoms with Crippen molar-refractivity contribution in [3.05, 3.63) is 41.3 Å². The fraction of sp³-hybridized carbons (Fsp3) is 0.286. The van der Waals surface area contributed by atoms with Gasteiger partial charge in [0.15, 0.2) is 5.65 Å². The smallest absolute Gasteiger partial charge is 0.203 e. The number of anilines is 1. The van der Waals surface area contributed by atoms with Gasteiger partial charge in [0.25, 0.3) is 0 Å². The van der Waals surface area contributed by atoms with Gasteiger partial charge in [-0.2, -0.15) is 5.10 Å². The van der Waals surface area contributed by atoms with E-state index in [0.29, 0.717) is 11.5 Å². The lowest BCUT2D eigenvalue weighted by atomic mass is 10.1. The molecule has 0 aliphatic heterocycles. The molecule has 3 rings (SSSR count). The maximum atomic E-state index is 14.0. The number of imidazole rings is 1. The lowest BCUT2D eigenvalue weighted by molar-refractivity contribution is 0.560. The summed E-state index contributed by atoms with van der Waals surface area (Å²) in [5, 5.41) is 4.33. The SMILES string of the molecule is Cc1nn(C)c2c1nc(N)n2C(C)c1ccccc1F. The zero-order valence-electron chi connectivity index (χ0n) is 11.6. The fourth-order valence-electron chi connectivity index (χ4n) is 2.65. The molecule has 2 aromatic heterocycles.